The van der Waals surface area contributed by atoms with Crippen LogP contribution in [0.2, 0.25) is 0 Å². The van der Waals surface area contributed by atoms with Crippen LogP contribution in [0.25, 0.3) is 0 Å². The summed E-state index contributed by atoms with van der Waals surface area (Å²) >= 11 is 1.09. The first-order chi connectivity index (χ1) is 14.6. The molecule has 3 rings (SSSR count). The van der Waals surface area contributed by atoms with Gasteiger partial charge in [0.2, 0.25) is 0 Å². The van der Waals surface area contributed by atoms with Crippen molar-refractivity contribution in [2.24, 2.45) is 0 Å². The van der Waals surface area contributed by atoms with Crippen LogP contribution in [0.4, 0.5) is 5.69 Å². The van der Waals surface area contributed by atoms with E-state index in [1.807, 2.05) is 53.7 Å². The molecule has 0 saturated heterocycles. The van der Waals surface area contributed by atoms with E-state index in [-0.39, 0.29) is 11.6 Å². The molecule has 31 heavy (non-hydrogen) atoms. The van der Waals surface area contributed by atoms with Crippen molar-refractivity contribution in [2.75, 3.05) is 4.90 Å². The van der Waals surface area contributed by atoms with Gasteiger partial charge >= 0.3 is 0 Å². The van der Waals surface area contributed by atoms with Gasteiger partial charge in [0.15, 0.2) is 11.7 Å². The average Bonchev–Trinajstić information content (AvgIpc) is 3.39. The fourth-order valence-electron chi connectivity index (χ4n) is 3.59. The second kappa shape index (κ2) is 9.01. The summed E-state index contributed by atoms with van der Waals surface area (Å²) in [6, 6.07) is 6.41. The summed E-state index contributed by atoms with van der Waals surface area (Å²) < 4.78 is 9.49. The molecular weight excluding hydrogens is 412 g/mol. The smallest absolute Gasteiger partial charge is 0.280 e. The zero-order valence-electron chi connectivity index (χ0n) is 18.7. The molecule has 2 aromatic heterocycles. The highest BCUT2D eigenvalue weighted by Gasteiger charge is 2.39. The Balaban J connectivity index is 2.21. The molecule has 8 heteroatoms. The largest absolute Gasteiger partial charge is 0.467 e. The number of hydrogen-bond donors (Lipinski definition) is 1. The number of anilines is 1. The Hall–Kier alpha value is -3.00. The number of carbonyl (C=O) groups is 2. The van der Waals surface area contributed by atoms with E-state index >= 15 is 0 Å². The molecule has 0 spiro atoms. The number of nitrogens with one attached hydrogen (secondary N) is 1. The van der Waals surface area contributed by atoms with Gasteiger partial charge in [-0.2, -0.15) is 0 Å². The van der Waals surface area contributed by atoms with Gasteiger partial charge in [0, 0.05) is 10.9 Å². The molecule has 3 aromatic rings. The number of carbonyl (C=O) groups excluding carboxylic acids is 2. The molecule has 0 aliphatic rings. The summed E-state index contributed by atoms with van der Waals surface area (Å²) in [5.74, 6) is -0.354. The van der Waals surface area contributed by atoms with Gasteiger partial charge in [0.05, 0.1) is 12.0 Å². The molecule has 1 atom stereocenters. The van der Waals surface area contributed by atoms with Crippen molar-refractivity contribution in [2.45, 2.75) is 59.5 Å². The maximum Gasteiger partial charge on any atom is 0.280 e. The third kappa shape index (κ3) is 4.85. The molecule has 0 bridgehead atoms. The van der Waals surface area contributed by atoms with E-state index in [0.717, 1.165) is 34.6 Å². The van der Waals surface area contributed by atoms with Crippen molar-refractivity contribution in [3.63, 3.8) is 0 Å². The Morgan fingerprint density at radius 2 is 1.90 bits per heavy atom. The molecule has 7 nitrogen and oxygen atoms in total. The van der Waals surface area contributed by atoms with Crippen molar-refractivity contribution >= 4 is 29.0 Å². The van der Waals surface area contributed by atoms with Crippen LogP contribution in [0.15, 0.2) is 40.3 Å². The molecule has 2 heterocycles. The molecule has 0 saturated carbocycles. The van der Waals surface area contributed by atoms with Crippen molar-refractivity contribution < 1.29 is 14.0 Å². The molecular formula is C23H28N4O3S. The second-order valence-corrected chi connectivity index (χ2v) is 8.97. The van der Waals surface area contributed by atoms with E-state index in [9.17, 15) is 9.59 Å². The minimum Gasteiger partial charge on any atom is -0.467 e. The van der Waals surface area contributed by atoms with Crippen LogP contribution in [-0.2, 0) is 4.79 Å². The summed E-state index contributed by atoms with van der Waals surface area (Å²) in [7, 11) is 0. The topological polar surface area (TPSA) is 88.3 Å². The Bertz CT molecular complexity index is 1040. The number of nitrogens with zero attached hydrogens (tertiary/aromatic N) is 3. The molecule has 1 aromatic carbocycles. The third-order valence-corrected chi connectivity index (χ3v) is 5.84. The lowest BCUT2D eigenvalue weighted by molar-refractivity contribution is -0.124. The van der Waals surface area contributed by atoms with Gasteiger partial charge in [-0.3, -0.25) is 14.5 Å². The lowest BCUT2D eigenvalue weighted by Crippen LogP contribution is -2.50. The number of amides is 2. The number of furan rings is 1. The minimum atomic E-state index is -1.00. The van der Waals surface area contributed by atoms with E-state index in [4.69, 9.17) is 4.42 Å². The predicted molar refractivity (Wildman–Crippen MR) is 121 cm³/mol. The molecule has 0 fully saturated rings. The van der Waals surface area contributed by atoms with Crippen LogP contribution in [0.3, 0.4) is 0 Å². The van der Waals surface area contributed by atoms with Crippen molar-refractivity contribution in [1.82, 2.24) is 14.9 Å². The van der Waals surface area contributed by atoms with E-state index in [0.29, 0.717) is 11.4 Å². The molecule has 1 N–H and O–H groups in total. The van der Waals surface area contributed by atoms with Gasteiger partial charge in [-0.05, 0) is 75.8 Å². The molecule has 2 amide bonds. The lowest BCUT2D eigenvalue weighted by atomic mass is 9.98. The molecule has 0 aliphatic heterocycles. The molecule has 0 aliphatic carbocycles. The SMILES string of the molecule is CCC(C)(C)NC(=O)C(c1ccco1)N(C(=O)c1csnn1)c1c(C)cc(C)cc1C. The number of rotatable bonds is 7. The van der Waals surface area contributed by atoms with E-state index in [1.54, 1.807) is 17.5 Å². The quantitative estimate of drug-likeness (QED) is 0.573. The monoisotopic (exact) mass is 440 g/mol. The van der Waals surface area contributed by atoms with Crippen molar-refractivity contribution in [3.05, 3.63) is 64.1 Å². The highest BCUT2D eigenvalue weighted by molar-refractivity contribution is 7.03. The number of hydrogen-bond acceptors (Lipinski definition) is 6. The number of aryl methyl sites for hydroxylation is 3. The minimum absolute atomic E-state index is 0.184. The maximum atomic E-state index is 13.7. The fourth-order valence-corrected chi connectivity index (χ4v) is 4.02. The maximum absolute atomic E-state index is 13.7. The predicted octanol–water partition coefficient (Wildman–Crippen LogP) is 4.75. The zero-order valence-corrected chi connectivity index (χ0v) is 19.5. The Morgan fingerprint density at radius 1 is 1.23 bits per heavy atom. The Kier molecular flexibility index (Phi) is 6.59. The van der Waals surface area contributed by atoms with Crippen LogP contribution in [0, 0.1) is 20.8 Å². The third-order valence-electron chi connectivity index (χ3n) is 5.34. The lowest BCUT2D eigenvalue weighted by Gasteiger charge is -2.34. The highest BCUT2D eigenvalue weighted by Crippen LogP contribution is 2.35. The van der Waals surface area contributed by atoms with Crippen LogP contribution >= 0.6 is 11.5 Å². The highest BCUT2D eigenvalue weighted by atomic mass is 32.1. The zero-order chi connectivity index (χ0) is 22.8. The second-order valence-electron chi connectivity index (χ2n) is 8.36. The first-order valence-electron chi connectivity index (χ1n) is 10.2. The van der Waals surface area contributed by atoms with Crippen LogP contribution in [0.1, 0.15) is 66.2 Å². The summed E-state index contributed by atoms with van der Waals surface area (Å²) in [5.41, 5.74) is 3.24. The number of aromatic nitrogens is 2. The fraction of sp³-hybridized carbons (Fsp3) is 0.391. The average molecular weight is 441 g/mol. The van der Waals surface area contributed by atoms with Gasteiger partial charge in [0.1, 0.15) is 5.76 Å². The normalized spacial score (nSPS) is 12.5. The molecule has 164 valence electrons. The summed E-state index contributed by atoms with van der Waals surface area (Å²) in [5, 5.41) is 8.62. The van der Waals surface area contributed by atoms with Crippen molar-refractivity contribution in [3.8, 4) is 0 Å². The molecule has 0 radical (unpaired) electrons. The van der Waals surface area contributed by atoms with Crippen LogP contribution in [-0.4, -0.2) is 26.9 Å². The summed E-state index contributed by atoms with van der Waals surface area (Å²) in [6.45, 7) is 11.8. The van der Waals surface area contributed by atoms with E-state index in [2.05, 4.69) is 14.9 Å². The van der Waals surface area contributed by atoms with Gasteiger partial charge in [-0.25, -0.2) is 0 Å². The summed E-state index contributed by atoms with van der Waals surface area (Å²) in [4.78, 5) is 28.8. The Morgan fingerprint density at radius 3 is 2.42 bits per heavy atom. The number of benzene rings is 1. The first-order valence-corrected chi connectivity index (χ1v) is 11.0. The first kappa shape index (κ1) is 22.7. The molecule has 1 unspecified atom stereocenters. The van der Waals surface area contributed by atoms with Gasteiger partial charge in [0.25, 0.3) is 11.8 Å². The van der Waals surface area contributed by atoms with Crippen LogP contribution in [0.5, 0.6) is 0 Å². The standard InChI is InChI=1S/C23H28N4O3S/c1-7-23(5,6)24-21(28)20(18-9-8-10-30-18)27(22(29)17-13-31-26-25-17)19-15(3)11-14(2)12-16(19)4/h8-13,20H,7H2,1-6H3,(H,24,28). The summed E-state index contributed by atoms with van der Waals surface area (Å²) in [6.07, 6.45) is 2.23. The van der Waals surface area contributed by atoms with Crippen molar-refractivity contribution in [1.29, 1.82) is 0 Å². The Labute approximate surface area is 186 Å². The van der Waals surface area contributed by atoms with E-state index < -0.39 is 17.5 Å². The van der Waals surface area contributed by atoms with Gasteiger partial charge in [-0.1, -0.05) is 29.1 Å². The van der Waals surface area contributed by atoms with E-state index in [1.165, 1.54) is 11.2 Å². The van der Waals surface area contributed by atoms with Gasteiger partial charge < -0.3 is 9.73 Å². The van der Waals surface area contributed by atoms with Crippen LogP contribution < -0.4 is 10.2 Å². The van der Waals surface area contributed by atoms with Gasteiger partial charge in [-0.15, -0.1) is 5.10 Å².